The molecule has 0 saturated heterocycles. The number of nitrogens with two attached hydrogens (primary N) is 1. The first-order valence-electron chi connectivity index (χ1n) is 44.4. The molecule has 0 aliphatic heterocycles. The number of nitrogens with zero attached hydrogens (tertiary/aromatic N) is 16. The van der Waals surface area contributed by atoms with Gasteiger partial charge in [0.25, 0.3) is 16.7 Å². The van der Waals surface area contributed by atoms with Crippen molar-refractivity contribution in [1.82, 2.24) is 77.7 Å². The van der Waals surface area contributed by atoms with Gasteiger partial charge in [-0.15, -0.1) is 0 Å². The molecule has 5 aromatic carbocycles. The molecule has 0 atom stereocenters. The quantitative estimate of drug-likeness (QED) is 0.109. The smallest absolute Gasteiger partial charge is 0.274 e. The van der Waals surface area contributed by atoms with Gasteiger partial charge in [0.2, 0.25) is 0 Å². The third-order valence-electron chi connectivity index (χ3n) is 23.6. The highest BCUT2D eigenvalue weighted by Gasteiger charge is 2.17. The fourth-order valence-electron chi connectivity index (χ4n) is 15.3. The predicted molar refractivity (Wildman–Crippen MR) is 538 cm³/mol. The molecule has 21 heteroatoms. The van der Waals surface area contributed by atoms with Crippen LogP contribution in [0.3, 0.4) is 0 Å². The van der Waals surface area contributed by atoms with E-state index in [1.165, 1.54) is 44.5 Å². The molecule has 0 bridgehead atoms. The number of pyridine rings is 11. The zero-order valence-electron chi connectivity index (χ0n) is 78.5. The summed E-state index contributed by atoms with van der Waals surface area (Å²) in [6.45, 7) is 32.3. The monoisotopic (exact) mass is 1730 g/mol. The van der Waals surface area contributed by atoms with Gasteiger partial charge in [-0.1, -0.05) is 126 Å². The lowest BCUT2D eigenvalue weighted by Gasteiger charge is -2.09. The number of nitrogen functional groups attached to an aromatic ring is 1. The number of hydrogen-bond acceptors (Lipinski definition) is 15. The third kappa shape index (κ3) is 21.7. The molecule has 0 saturated carbocycles. The predicted octanol–water partition coefficient (Wildman–Crippen LogP) is 24.0. The van der Waals surface area contributed by atoms with Crippen molar-refractivity contribution < 1.29 is 0 Å². The molecule has 19 aromatic rings. The van der Waals surface area contributed by atoms with Crippen molar-refractivity contribution in [2.75, 3.05) is 18.1 Å². The molecule has 14 aromatic heterocycles. The maximum atomic E-state index is 11.9. The average Bonchev–Trinajstić information content (AvgIpc) is 1.64. The van der Waals surface area contributed by atoms with Gasteiger partial charge < -0.3 is 24.8 Å². The van der Waals surface area contributed by atoms with E-state index < -0.39 is 0 Å². The summed E-state index contributed by atoms with van der Waals surface area (Å²) in [6, 6.07) is 73.6. The number of nitrogens with one attached hydrogen (secondary N) is 1. The fraction of sp³-hybridized carbons (Fsp3) is 0.257. The molecule has 19 rings (SSSR count). The minimum atomic E-state index is 0.00943. The molecular weight excluding hydrogens is 1610 g/mol. The van der Waals surface area contributed by atoms with Crippen molar-refractivity contribution in [3.05, 3.63) is 344 Å². The minimum Gasteiger partial charge on any atom is -0.384 e. The van der Waals surface area contributed by atoms with Crippen molar-refractivity contribution in [1.29, 1.82) is 0 Å². The number of para-hydroxylation sites is 1. The molecule has 0 aliphatic carbocycles. The number of anilines is 2. The van der Waals surface area contributed by atoms with Gasteiger partial charge in [0.15, 0.2) is 0 Å². The SMILES string of the molecule is CC(C)c1ccc2c(=O)n(C)n(C)c2c1.CC(C)c1ccnc(-c2ccc3c(ccc(=O)n3C)c2)c1.CC(C)c1ccnc(-c2ccc3nc(N)ccc3c2)c1.CC(C)c1ccnc(-c2nn(C)c3ccccc23)c1.CC(C)n1ccc2ccncc2c1=O.CNc1ccc2cc(-c3cc(C(C)C)ccn3)ccc2n1.Cc1cc2cc(-c3cc(C(C)C)ccn3)cnc2n1C. The zero-order valence-corrected chi connectivity index (χ0v) is 78.5. The van der Waals surface area contributed by atoms with E-state index >= 15 is 0 Å². The summed E-state index contributed by atoms with van der Waals surface area (Å²) in [5.74, 6) is 4.41. The van der Waals surface area contributed by atoms with E-state index in [4.69, 9.17) is 5.73 Å². The Balaban J connectivity index is 0.000000130. The Kier molecular flexibility index (Phi) is 29.6. The van der Waals surface area contributed by atoms with Crippen LogP contribution in [0.5, 0.6) is 0 Å². The Bertz CT molecular complexity index is 7430. The molecule has 0 fully saturated rings. The second kappa shape index (κ2) is 41.4. The normalized spacial score (nSPS) is 11.3. The summed E-state index contributed by atoms with van der Waals surface area (Å²) < 4.78 is 10.9. The van der Waals surface area contributed by atoms with Crippen LogP contribution < -0.4 is 27.7 Å². The van der Waals surface area contributed by atoms with E-state index in [1.807, 2.05) is 180 Å². The standard InChI is InChI=1S/C18H19N3.C18H18N2O.C17H19N3.C17H17N3.C16H17N3.C12H16N2O.C11H12N2O/c1-12(2)13-8-9-20-17(11-13)15-4-6-16-14(10-15)5-7-18(19-3)21-16;1-12(2)13-8-9-19-16(11-13)14-4-6-17-15(10-14)5-7-18(21)20(17)3;1-11(2)13-5-6-18-16(9-13)15-8-14-7-12(3)20(4)17(14)19-10-15;1-11(2)12-7-8-19-16(10-12)14-3-5-15-13(9-14)4-6-17(18)20-15;1-11(2)12-8-9-17-14(10-12)16-13-6-4-5-7-15(13)19(3)18-16;1-8(2)9-5-6-10-11(7-9)13(3)14(4)12(10)15;1-8(2)13-6-4-9-3-5-12-7-10(9)11(13)14/h4-12H,1-3H3,(H,19,21);4-12H,1-3H3;5-11H,1-4H3;3-11H,1-2H3,(H2,18,20);4-11H,1-3H3;5-8H,1-4H3;3-8H,1-2H3. The molecule has 662 valence electrons. The topological polar surface area (TPSA) is 248 Å². The Morgan fingerprint density at radius 1 is 0.354 bits per heavy atom. The summed E-state index contributed by atoms with van der Waals surface area (Å²) in [4.78, 5) is 75.1. The lowest BCUT2D eigenvalue weighted by Crippen LogP contribution is -2.21. The van der Waals surface area contributed by atoms with Gasteiger partial charge in [0.05, 0.1) is 66.8 Å². The Morgan fingerprint density at radius 2 is 0.838 bits per heavy atom. The number of benzene rings is 5. The first-order valence-corrected chi connectivity index (χ1v) is 44.4. The fourth-order valence-corrected chi connectivity index (χ4v) is 15.3. The molecule has 3 N–H and O–H groups in total. The van der Waals surface area contributed by atoms with E-state index in [0.29, 0.717) is 46.7 Å². The summed E-state index contributed by atoms with van der Waals surface area (Å²) in [5, 5.41) is 15.7. The molecule has 0 unspecified atom stereocenters. The van der Waals surface area contributed by atoms with Crippen LogP contribution in [-0.4, -0.2) is 84.7 Å². The van der Waals surface area contributed by atoms with E-state index in [2.05, 4.69) is 277 Å². The van der Waals surface area contributed by atoms with E-state index in [-0.39, 0.29) is 22.7 Å². The van der Waals surface area contributed by atoms with Gasteiger partial charge in [-0.25, -0.2) is 15.0 Å². The van der Waals surface area contributed by atoms with Crippen molar-refractivity contribution >= 4 is 88.0 Å². The van der Waals surface area contributed by atoms with Crippen LogP contribution in [-0.2, 0) is 35.2 Å². The Labute approximate surface area is 760 Å². The number of aromatic nitrogens is 16. The number of hydrogen-bond donors (Lipinski definition) is 2. The van der Waals surface area contributed by atoms with Crippen molar-refractivity contribution in [3.63, 3.8) is 0 Å². The lowest BCUT2D eigenvalue weighted by molar-refractivity contribution is 0.582. The van der Waals surface area contributed by atoms with Crippen LogP contribution in [0.4, 0.5) is 11.6 Å². The number of aryl methyl sites for hydroxylation is 5. The molecular formula is C109H118N18O3. The maximum Gasteiger partial charge on any atom is 0.274 e. The molecule has 0 radical (unpaired) electrons. The first kappa shape index (κ1) is 92.9. The van der Waals surface area contributed by atoms with Crippen LogP contribution >= 0.6 is 0 Å². The lowest BCUT2D eigenvalue weighted by atomic mass is 10.0. The zero-order chi connectivity index (χ0) is 92.9. The second-order valence-corrected chi connectivity index (χ2v) is 35.0. The van der Waals surface area contributed by atoms with Crippen LogP contribution in [0.25, 0.3) is 133 Å². The van der Waals surface area contributed by atoms with Gasteiger partial charge in [-0.3, -0.25) is 58.3 Å². The Hall–Kier alpha value is -14.7. The third-order valence-corrected chi connectivity index (χ3v) is 23.6. The van der Waals surface area contributed by atoms with Crippen LogP contribution in [0.15, 0.2) is 289 Å². The van der Waals surface area contributed by atoms with Gasteiger partial charge in [0.1, 0.15) is 23.0 Å². The average molecular weight is 1730 g/mol. The van der Waals surface area contributed by atoms with Crippen LogP contribution in [0.2, 0.25) is 0 Å². The van der Waals surface area contributed by atoms with Crippen molar-refractivity contribution in [2.24, 2.45) is 35.2 Å². The first-order chi connectivity index (χ1) is 62.3. The van der Waals surface area contributed by atoms with E-state index in [0.717, 1.165) is 128 Å². The van der Waals surface area contributed by atoms with Gasteiger partial charge in [-0.05, 0) is 270 Å². The molecule has 21 nitrogen and oxygen atoms in total. The van der Waals surface area contributed by atoms with Gasteiger partial charge >= 0.3 is 0 Å². The highest BCUT2D eigenvalue weighted by atomic mass is 16.1. The number of fused-ring (bicyclic) bond motifs is 7. The molecule has 0 amide bonds. The number of rotatable bonds is 13. The molecule has 0 aliphatic rings. The van der Waals surface area contributed by atoms with Crippen molar-refractivity contribution in [2.45, 2.75) is 145 Å². The summed E-state index contributed by atoms with van der Waals surface area (Å²) in [7, 11) is 11.4. The van der Waals surface area contributed by atoms with Crippen molar-refractivity contribution in [3.8, 4) is 56.4 Å². The molecule has 0 spiro atoms. The maximum absolute atomic E-state index is 11.9. The summed E-state index contributed by atoms with van der Waals surface area (Å²) in [5.41, 5.74) is 31.0. The second-order valence-electron chi connectivity index (χ2n) is 35.0. The van der Waals surface area contributed by atoms with E-state index in [9.17, 15) is 14.4 Å². The summed E-state index contributed by atoms with van der Waals surface area (Å²) in [6.07, 6.45) is 16.4. The van der Waals surface area contributed by atoms with Crippen LogP contribution in [0.1, 0.15) is 178 Å². The largest absolute Gasteiger partial charge is 0.384 e. The van der Waals surface area contributed by atoms with Gasteiger partial charge in [-0.2, -0.15) is 5.10 Å². The van der Waals surface area contributed by atoms with Gasteiger partial charge in [0, 0.05) is 160 Å². The summed E-state index contributed by atoms with van der Waals surface area (Å²) >= 11 is 0. The van der Waals surface area contributed by atoms with Crippen LogP contribution in [0, 0.1) is 6.92 Å². The molecule has 130 heavy (non-hydrogen) atoms. The highest BCUT2D eigenvalue weighted by Crippen LogP contribution is 2.33. The molecule has 14 heterocycles. The minimum absolute atomic E-state index is 0.00943. The Morgan fingerprint density at radius 3 is 1.38 bits per heavy atom. The van der Waals surface area contributed by atoms with E-state index in [1.54, 1.807) is 46.4 Å². The highest BCUT2D eigenvalue weighted by molar-refractivity contribution is 5.93.